The fourth-order valence-corrected chi connectivity index (χ4v) is 4.03. The molecule has 146 valence electrons. The molecule has 27 heavy (non-hydrogen) atoms. The van der Waals surface area contributed by atoms with Gasteiger partial charge in [-0.15, -0.1) is 11.6 Å². The molecule has 1 atom stereocenters. The largest absolute Gasteiger partial charge is 0.386 e. The number of nitrogens with zero attached hydrogens (tertiary/aromatic N) is 3. The first kappa shape index (κ1) is 20.6. The van der Waals surface area contributed by atoms with E-state index in [4.69, 9.17) is 23.2 Å². The van der Waals surface area contributed by atoms with Crippen LogP contribution >= 0.6 is 35.0 Å². The molecule has 0 saturated heterocycles. The van der Waals surface area contributed by atoms with E-state index >= 15 is 0 Å². The molecule has 1 unspecified atom stereocenters. The van der Waals surface area contributed by atoms with Crippen molar-refractivity contribution in [3.05, 3.63) is 41.2 Å². The highest BCUT2D eigenvalue weighted by atomic mass is 35.5. The number of halogens is 2. The van der Waals surface area contributed by atoms with E-state index < -0.39 is 15.9 Å². The number of benzene rings is 1. The van der Waals surface area contributed by atoms with Gasteiger partial charge in [0.05, 0.1) is 11.4 Å². The SMILES string of the molecule is CC(C)(C)C(=O)Sc1ncnn1CC(O)(Cc1ccccc1Cl)C1(Cl)CC1. The van der Waals surface area contributed by atoms with Crippen molar-refractivity contribution >= 4 is 40.1 Å². The molecule has 1 aromatic carbocycles. The molecule has 0 spiro atoms. The van der Waals surface area contributed by atoms with Gasteiger partial charge in [0.2, 0.25) is 5.12 Å². The number of carbonyl (C=O) groups excluding carboxylic acids is 1. The summed E-state index contributed by atoms with van der Waals surface area (Å²) in [5, 5.41) is 16.8. The Kier molecular flexibility index (Phi) is 5.65. The van der Waals surface area contributed by atoms with Crippen molar-refractivity contribution in [2.24, 2.45) is 5.41 Å². The van der Waals surface area contributed by atoms with Gasteiger partial charge >= 0.3 is 0 Å². The molecule has 8 heteroatoms. The van der Waals surface area contributed by atoms with Crippen LogP contribution in [0.2, 0.25) is 5.02 Å². The Morgan fingerprint density at radius 2 is 2.00 bits per heavy atom. The number of thioether (sulfide) groups is 1. The Balaban J connectivity index is 1.86. The number of alkyl halides is 1. The number of aliphatic hydroxyl groups is 1. The third-order valence-corrected chi connectivity index (χ3v) is 7.15. The highest BCUT2D eigenvalue weighted by Gasteiger charge is 2.58. The lowest BCUT2D eigenvalue weighted by atomic mass is 9.89. The molecule has 0 aliphatic heterocycles. The van der Waals surface area contributed by atoms with Crippen molar-refractivity contribution in [1.82, 2.24) is 14.8 Å². The monoisotopic (exact) mass is 427 g/mol. The van der Waals surface area contributed by atoms with Crippen LogP contribution in [0, 0.1) is 5.41 Å². The summed E-state index contributed by atoms with van der Waals surface area (Å²) in [4.78, 5) is 15.8. The van der Waals surface area contributed by atoms with Crippen LogP contribution in [0.3, 0.4) is 0 Å². The molecule has 1 saturated carbocycles. The Morgan fingerprint density at radius 3 is 2.59 bits per heavy atom. The zero-order valence-corrected chi connectivity index (χ0v) is 17.9. The summed E-state index contributed by atoms with van der Waals surface area (Å²) in [5.41, 5.74) is -0.930. The van der Waals surface area contributed by atoms with Gasteiger partial charge in [0.25, 0.3) is 0 Å². The molecule has 5 nitrogen and oxygen atoms in total. The second kappa shape index (κ2) is 7.39. The minimum atomic E-state index is -1.26. The number of carbonyl (C=O) groups is 1. The number of rotatable bonds is 6. The Morgan fingerprint density at radius 1 is 1.33 bits per heavy atom. The van der Waals surface area contributed by atoms with Gasteiger partial charge in [-0.25, -0.2) is 9.67 Å². The molecule has 1 fully saturated rings. The lowest BCUT2D eigenvalue weighted by Gasteiger charge is -2.33. The Hall–Kier alpha value is -1.08. The molecule has 1 heterocycles. The summed E-state index contributed by atoms with van der Waals surface area (Å²) in [7, 11) is 0. The summed E-state index contributed by atoms with van der Waals surface area (Å²) < 4.78 is 1.56. The summed E-state index contributed by atoms with van der Waals surface area (Å²) in [6, 6.07) is 7.41. The van der Waals surface area contributed by atoms with Crippen molar-refractivity contribution in [3.63, 3.8) is 0 Å². The number of aromatic nitrogens is 3. The van der Waals surface area contributed by atoms with E-state index in [0.29, 0.717) is 29.4 Å². The molecule has 1 aliphatic carbocycles. The predicted molar refractivity (Wildman–Crippen MR) is 108 cm³/mol. The van der Waals surface area contributed by atoms with Crippen molar-refractivity contribution in [1.29, 1.82) is 0 Å². The van der Waals surface area contributed by atoms with Crippen LogP contribution in [0.15, 0.2) is 35.7 Å². The molecular formula is C19H23Cl2N3O2S. The van der Waals surface area contributed by atoms with E-state index in [1.165, 1.54) is 6.33 Å². The molecular weight excluding hydrogens is 405 g/mol. The van der Waals surface area contributed by atoms with Gasteiger partial charge in [-0.1, -0.05) is 50.6 Å². The predicted octanol–water partition coefficient (Wildman–Crippen LogP) is 4.34. The minimum Gasteiger partial charge on any atom is -0.386 e. The van der Waals surface area contributed by atoms with E-state index in [0.717, 1.165) is 17.3 Å². The topological polar surface area (TPSA) is 68.0 Å². The standard InChI is InChI=1S/C19H23Cl2N3O2S/c1-17(2,3)15(25)27-16-22-12-23-24(16)11-19(26,18(21)8-9-18)10-13-6-4-5-7-14(13)20/h4-7,12,26H,8-11H2,1-3H3. The second-order valence-corrected chi connectivity index (χ2v) is 10.2. The molecule has 0 radical (unpaired) electrons. The summed E-state index contributed by atoms with van der Waals surface area (Å²) in [6.45, 7) is 5.71. The third-order valence-electron chi connectivity index (χ3n) is 4.75. The molecule has 0 amide bonds. The van der Waals surface area contributed by atoms with Crippen LogP contribution in [-0.4, -0.2) is 35.5 Å². The second-order valence-electron chi connectivity index (χ2n) is 8.10. The first-order chi connectivity index (χ1) is 12.5. The number of hydrogen-bond donors (Lipinski definition) is 1. The fraction of sp³-hybridized carbons (Fsp3) is 0.526. The molecule has 0 bridgehead atoms. The van der Waals surface area contributed by atoms with Crippen LogP contribution in [0.25, 0.3) is 0 Å². The van der Waals surface area contributed by atoms with Crippen molar-refractivity contribution in [2.75, 3.05) is 0 Å². The maximum Gasteiger partial charge on any atom is 0.201 e. The van der Waals surface area contributed by atoms with Crippen LogP contribution in [0.1, 0.15) is 39.2 Å². The highest BCUT2D eigenvalue weighted by molar-refractivity contribution is 8.13. The first-order valence-electron chi connectivity index (χ1n) is 8.79. The van der Waals surface area contributed by atoms with Crippen molar-refractivity contribution < 1.29 is 9.90 Å². The van der Waals surface area contributed by atoms with Gasteiger partial charge in [-0.05, 0) is 36.2 Å². The van der Waals surface area contributed by atoms with E-state index in [-0.39, 0.29) is 11.7 Å². The van der Waals surface area contributed by atoms with Gasteiger partial charge < -0.3 is 5.11 Å². The lowest BCUT2D eigenvalue weighted by molar-refractivity contribution is -0.117. The molecule has 1 N–H and O–H groups in total. The van der Waals surface area contributed by atoms with Crippen LogP contribution in [0.4, 0.5) is 0 Å². The molecule has 3 rings (SSSR count). The summed E-state index contributed by atoms with van der Waals surface area (Å²) in [6.07, 6.45) is 3.12. The molecule has 1 aliphatic rings. The van der Waals surface area contributed by atoms with Crippen LogP contribution in [0.5, 0.6) is 0 Å². The van der Waals surface area contributed by atoms with Gasteiger partial charge in [0.15, 0.2) is 5.16 Å². The van der Waals surface area contributed by atoms with Gasteiger partial charge in [0, 0.05) is 16.9 Å². The zero-order valence-electron chi connectivity index (χ0n) is 15.6. The quantitative estimate of drug-likeness (QED) is 0.548. The van der Waals surface area contributed by atoms with Gasteiger partial charge in [-0.3, -0.25) is 4.79 Å². The first-order valence-corrected chi connectivity index (χ1v) is 10.4. The average Bonchev–Trinajstić information content (AvgIpc) is 3.20. The minimum absolute atomic E-state index is 0.0154. The average molecular weight is 428 g/mol. The van der Waals surface area contributed by atoms with E-state index in [1.54, 1.807) is 10.7 Å². The van der Waals surface area contributed by atoms with Crippen LogP contribution in [-0.2, 0) is 17.8 Å². The third kappa shape index (κ3) is 4.50. The maximum atomic E-state index is 12.4. The Labute approximate surface area is 173 Å². The molecule has 1 aromatic heterocycles. The lowest BCUT2D eigenvalue weighted by Crippen LogP contribution is -2.47. The van der Waals surface area contributed by atoms with E-state index in [9.17, 15) is 9.90 Å². The van der Waals surface area contributed by atoms with Crippen LogP contribution < -0.4 is 0 Å². The highest BCUT2D eigenvalue weighted by Crippen LogP contribution is 2.53. The van der Waals surface area contributed by atoms with Crippen molar-refractivity contribution in [2.45, 2.75) is 62.2 Å². The van der Waals surface area contributed by atoms with E-state index in [2.05, 4.69) is 10.1 Å². The molecule has 2 aromatic rings. The van der Waals surface area contributed by atoms with Crippen molar-refractivity contribution in [3.8, 4) is 0 Å². The van der Waals surface area contributed by atoms with Gasteiger partial charge in [0.1, 0.15) is 11.9 Å². The maximum absolute atomic E-state index is 12.4. The number of hydrogen-bond acceptors (Lipinski definition) is 5. The summed E-state index contributed by atoms with van der Waals surface area (Å²) >= 11 is 14.0. The zero-order chi connectivity index (χ0) is 19.9. The normalized spacial score (nSPS) is 18.1. The van der Waals surface area contributed by atoms with Gasteiger partial charge in [-0.2, -0.15) is 5.10 Å². The fourth-order valence-electron chi connectivity index (χ4n) is 2.81. The summed E-state index contributed by atoms with van der Waals surface area (Å²) in [5.74, 6) is 0. The van der Waals surface area contributed by atoms with E-state index in [1.807, 2.05) is 39.0 Å². The Bertz CT molecular complexity index is 845. The smallest absolute Gasteiger partial charge is 0.201 e.